The summed E-state index contributed by atoms with van der Waals surface area (Å²) in [5.74, 6) is 0.0378. The van der Waals surface area contributed by atoms with Crippen LogP contribution in [0.2, 0.25) is 0 Å². The van der Waals surface area contributed by atoms with Crippen LogP contribution < -0.4 is 0 Å². The van der Waals surface area contributed by atoms with Gasteiger partial charge in [0.25, 0.3) is 0 Å². The fourth-order valence-electron chi connectivity index (χ4n) is 4.61. The molecule has 0 spiro atoms. The Balaban J connectivity index is 1.69. The Morgan fingerprint density at radius 1 is 1.28 bits per heavy atom. The predicted octanol–water partition coefficient (Wildman–Crippen LogP) is 0.364. The van der Waals surface area contributed by atoms with E-state index in [1.165, 1.54) is 12.5 Å². The lowest BCUT2D eigenvalue weighted by Crippen LogP contribution is -2.65. The Hall–Kier alpha value is -0.990. The largest absolute Gasteiger partial charge is 0.463 e. The second-order valence-corrected chi connectivity index (χ2v) is 8.01. The lowest BCUT2D eigenvalue weighted by molar-refractivity contribution is -0.339. The molecule has 7 nitrogen and oxygen atoms in total. The van der Waals surface area contributed by atoms with E-state index in [0.29, 0.717) is 5.92 Å². The van der Waals surface area contributed by atoms with Crippen molar-refractivity contribution in [2.75, 3.05) is 6.61 Å². The summed E-state index contributed by atoms with van der Waals surface area (Å²) >= 11 is 0. The maximum atomic E-state index is 11.0. The van der Waals surface area contributed by atoms with Gasteiger partial charge in [0.2, 0.25) is 0 Å². The Kier molecular flexibility index (Phi) is 4.98. The second-order valence-electron chi connectivity index (χ2n) is 8.01. The second kappa shape index (κ2) is 6.63. The quantitative estimate of drug-likeness (QED) is 0.493. The summed E-state index contributed by atoms with van der Waals surface area (Å²) in [6, 6.07) is 0. The summed E-state index contributed by atoms with van der Waals surface area (Å²) in [6.07, 6.45) is -3.13. The van der Waals surface area contributed by atoms with Crippen molar-refractivity contribution in [3.8, 4) is 0 Å². The summed E-state index contributed by atoms with van der Waals surface area (Å²) in [7, 11) is 0. The normalized spacial score (nSPS) is 45.3. The van der Waals surface area contributed by atoms with Gasteiger partial charge < -0.3 is 29.5 Å². The van der Waals surface area contributed by atoms with E-state index in [2.05, 4.69) is 26.8 Å². The third-order valence-corrected chi connectivity index (χ3v) is 6.08. The third kappa shape index (κ3) is 3.13. The molecule has 25 heavy (non-hydrogen) atoms. The van der Waals surface area contributed by atoms with Crippen molar-refractivity contribution in [2.24, 2.45) is 17.3 Å². The topological polar surface area (TPSA) is 105 Å². The number of allylic oxidation sites excluding steroid dienone is 1. The number of hydrogen-bond donors (Lipinski definition) is 3. The standard InChI is InChI=1S/C18H28O7/c1-8-5-6-10-16(12(8)18(10,3)4)25-17-15(22)14(21)13(20)11(24-17)7-23-9(2)19/h5,10-17,20-22H,6-7H2,1-4H3. The molecule has 3 rings (SSSR count). The van der Waals surface area contributed by atoms with Crippen LogP contribution in [0.25, 0.3) is 0 Å². The number of ether oxygens (including phenoxy) is 3. The highest BCUT2D eigenvalue weighted by molar-refractivity contribution is 5.65. The van der Waals surface area contributed by atoms with Crippen molar-refractivity contribution < 1.29 is 34.3 Å². The van der Waals surface area contributed by atoms with E-state index in [9.17, 15) is 20.1 Å². The van der Waals surface area contributed by atoms with Gasteiger partial charge in [-0.05, 0) is 24.7 Å². The van der Waals surface area contributed by atoms with Crippen LogP contribution in [-0.2, 0) is 19.0 Å². The highest BCUT2D eigenvalue weighted by Gasteiger charge is 2.60. The molecule has 2 bridgehead atoms. The van der Waals surface area contributed by atoms with E-state index in [4.69, 9.17) is 14.2 Å². The molecule has 1 saturated heterocycles. The first-order chi connectivity index (χ1) is 11.6. The molecular formula is C18H28O7. The molecule has 2 fully saturated rings. The molecule has 1 aliphatic heterocycles. The van der Waals surface area contributed by atoms with Gasteiger partial charge in [-0.1, -0.05) is 25.5 Å². The number of carbonyl (C=O) groups is 1. The molecule has 1 saturated carbocycles. The number of aliphatic hydroxyl groups excluding tert-OH is 3. The first kappa shape index (κ1) is 18.8. The average Bonchev–Trinajstić information content (AvgIpc) is 2.53. The van der Waals surface area contributed by atoms with Gasteiger partial charge in [0, 0.05) is 12.8 Å². The molecule has 0 radical (unpaired) electrons. The first-order valence-corrected chi connectivity index (χ1v) is 8.79. The maximum absolute atomic E-state index is 11.0. The van der Waals surface area contributed by atoms with Gasteiger partial charge in [-0.25, -0.2) is 0 Å². The average molecular weight is 356 g/mol. The third-order valence-electron chi connectivity index (χ3n) is 6.08. The van der Waals surface area contributed by atoms with Crippen LogP contribution in [0.5, 0.6) is 0 Å². The molecule has 142 valence electrons. The predicted molar refractivity (Wildman–Crippen MR) is 87.3 cm³/mol. The first-order valence-electron chi connectivity index (χ1n) is 8.79. The zero-order valence-corrected chi connectivity index (χ0v) is 15.1. The molecule has 3 aliphatic rings. The molecule has 7 heteroatoms. The summed E-state index contributed by atoms with van der Waals surface area (Å²) in [4.78, 5) is 11.0. The van der Waals surface area contributed by atoms with Crippen molar-refractivity contribution in [1.29, 1.82) is 0 Å². The van der Waals surface area contributed by atoms with Gasteiger partial charge in [-0.15, -0.1) is 0 Å². The minimum atomic E-state index is -1.43. The summed E-state index contributed by atoms with van der Waals surface area (Å²) in [5.41, 5.74) is 1.39. The van der Waals surface area contributed by atoms with Gasteiger partial charge in [0.1, 0.15) is 31.0 Å². The molecule has 0 amide bonds. The minimum absolute atomic E-state index is 0.100. The van der Waals surface area contributed by atoms with Crippen LogP contribution in [0.1, 0.15) is 34.1 Å². The van der Waals surface area contributed by atoms with Gasteiger partial charge in [-0.3, -0.25) is 4.79 Å². The molecule has 3 N–H and O–H groups in total. The smallest absolute Gasteiger partial charge is 0.302 e. The number of rotatable bonds is 4. The molecule has 1 heterocycles. The highest BCUT2D eigenvalue weighted by atomic mass is 16.7. The van der Waals surface area contributed by atoms with Crippen molar-refractivity contribution >= 4 is 5.97 Å². The lowest BCUT2D eigenvalue weighted by Gasteiger charge is -2.62. The fourth-order valence-corrected chi connectivity index (χ4v) is 4.61. The number of esters is 1. The van der Waals surface area contributed by atoms with Crippen molar-refractivity contribution in [3.05, 3.63) is 11.6 Å². The molecular weight excluding hydrogens is 328 g/mol. The Morgan fingerprint density at radius 2 is 1.96 bits per heavy atom. The van der Waals surface area contributed by atoms with E-state index in [0.717, 1.165) is 6.42 Å². The van der Waals surface area contributed by atoms with Gasteiger partial charge in [0.05, 0.1) is 6.10 Å². The van der Waals surface area contributed by atoms with Crippen LogP contribution in [0.15, 0.2) is 11.6 Å². The zero-order valence-electron chi connectivity index (χ0n) is 15.1. The van der Waals surface area contributed by atoms with Crippen LogP contribution in [0.4, 0.5) is 0 Å². The van der Waals surface area contributed by atoms with Crippen LogP contribution >= 0.6 is 0 Å². The summed E-state index contributed by atoms with van der Waals surface area (Å²) in [6.45, 7) is 7.54. The van der Waals surface area contributed by atoms with Crippen molar-refractivity contribution in [1.82, 2.24) is 0 Å². The number of fused-ring (bicyclic) bond motifs is 2. The van der Waals surface area contributed by atoms with E-state index in [1.807, 2.05) is 0 Å². The fraction of sp³-hybridized carbons (Fsp3) is 0.833. The van der Waals surface area contributed by atoms with E-state index in [-0.39, 0.29) is 24.0 Å². The van der Waals surface area contributed by atoms with Crippen LogP contribution in [0, 0.1) is 17.3 Å². The van der Waals surface area contributed by atoms with Crippen molar-refractivity contribution in [2.45, 2.75) is 70.9 Å². The summed E-state index contributed by atoms with van der Waals surface area (Å²) < 4.78 is 16.5. The molecule has 0 aromatic carbocycles. The van der Waals surface area contributed by atoms with E-state index < -0.39 is 36.7 Å². The Labute approximate surface area is 147 Å². The van der Waals surface area contributed by atoms with Crippen LogP contribution in [0.3, 0.4) is 0 Å². The molecule has 8 unspecified atom stereocenters. The highest BCUT2D eigenvalue weighted by Crippen LogP contribution is 2.60. The van der Waals surface area contributed by atoms with E-state index >= 15 is 0 Å². The number of aliphatic hydroxyl groups is 3. The monoisotopic (exact) mass is 356 g/mol. The lowest BCUT2D eigenvalue weighted by atomic mass is 9.47. The van der Waals surface area contributed by atoms with Crippen LogP contribution in [-0.4, -0.2) is 64.7 Å². The number of carbonyl (C=O) groups excluding carboxylic acids is 1. The van der Waals surface area contributed by atoms with E-state index in [1.54, 1.807) is 0 Å². The minimum Gasteiger partial charge on any atom is -0.463 e. The Bertz CT molecular complexity index is 558. The van der Waals surface area contributed by atoms with Crippen molar-refractivity contribution in [3.63, 3.8) is 0 Å². The zero-order chi connectivity index (χ0) is 18.5. The van der Waals surface area contributed by atoms with Gasteiger partial charge in [-0.2, -0.15) is 0 Å². The summed E-state index contributed by atoms with van der Waals surface area (Å²) in [5, 5.41) is 30.4. The maximum Gasteiger partial charge on any atom is 0.302 e. The van der Waals surface area contributed by atoms with Gasteiger partial charge in [0.15, 0.2) is 6.29 Å². The number of hydrogen-bond acceptors (Lipinski definition) is 7. The molecule has 2 aliphatic carbocycles. The molecule has 8 atom stereocenters. The SMILES string of the molecule is CC(=O)OCC1OC(OC2C3CC=C(C)C2C3(C)C)C(O)C(O)C1O. The van der Waals surface area contributed by atoms with Gasteiger partial charge >= 0.3 is 5.97 Å². The molecule has 0 aromatic rings. The molecule has 0 aromatic heterocycles. The Morgan fingerprint density at radius 3 is 2.52 bits per heavy atom.